The maximum absolute atomic E-state index is 13.2. The van der Waals surface area contributed by atoms with Gasteiger partial charge in [-0.3, -0.25) is 10.1 Å². The van der Waals surface area contributed by atoms with Gasteiger partial charge in [0.05, 0.1) is 22.8 Å². The lowest BCUT2D eigenvalue weighted by molar-refractivity contribution is -0.133. The Bertz CT molecular complexity index is 942. The number of thiazole rings is 1. The summed E-state index contributed by atoms with van der Waals surface area (Å²) in [5.41, 5.74) is 1.25. The molecular weight excluding hydrogens is 470 g/mol. The largest absolute Gasteiger partial charge is 0.494 e. The number of nitrogens with one attached hydrogen (secondary N) is 1. The molecule has 1 fully saturated rings. The molecular formula is C25H35N3O4S2. The third-order valence-corrected chi connectivity index (χ3v) is 8.15. The number of hydrogen-bond donors (Lipinski definition) is 2. The van der Waals surface area contributed by atoms with E-state index < -0.39 is 5.97 Å². The van der Waals surface area contributed by atoms with Gasteiger partial charge in [-0.15, -0.1) is 11.8 Å². The molecule has 0 bridgehead atoms. The molecule has 0 radical (unpaired) electrons. The number of carbonyl (C=O) groups is 2. The number of carboxylic acids is 1. The molecule has 186 valence electrons. The molecule has 0 unspecified atom stereocenters. The summed E-state index contributed by atoms with van der Waals surface area (Å²) >= 11 is 2.51. The summed E-state index contributed by atoms with van der Waals surface area (Å²) in [6.07, 6.45) is 6.61. The van der Waals surface area contributed by atoms with Crippen LogP contribution in [0.25, 0.3) is 0 Å². The van der Waals surface area contributed by atoms with E-state index in [9.17, 15) is 9.59 Å². The maximum Gasteiger partial charge on any atom is 0.323 e. The van der Waals surface area contributed by atoms with Gasteiger partial charge in [0, 0.05) is 12.6 Å². The third-order valence-electron chi connectivity index (χ3n) is 6.06. The molecule has 7 nitrogen and oxygen atoms in total. The fraction of sp³-hybridized carbons (Fsp3) is 0.560. The van der Waals surface area contributed by atoms with Gasteiger partial charge in [-0.2, -0.15) is 0 Å². The van der Waals surface area contributed by atoms with Gasteiger partial charge in [0.15, 0.2) is 5.13 Å². The Morgan fingerprint density at radius 3 is 2.76 bits per heavy atom. The molecule has 1 aromatic heterocycles. The number of carboxylic acid groups (broad SMARTS) is 1. The van der Waals surface area contributed by atoms with E-state index in [0.717, 1.165) is 42.1 Å². The number of amides is 2. The molecule has 2 amide bonds. The highest BCUT2D eigenvalue weighted by Crippen LogP contribution is 2.30. The minimum absolute atomic E-state index is 0.0258. The van der Waals surface area contributed by atoms with Gasteiger partial charge in [-0.1, -0.05) is 44.2 Å². The van der Waals surface area contributed by atoms with Crippen LogP contribution in [0.4, 0.5) is 9.93 Å². The van der Waals surface area contributed by atoms with E-state index in [1.807, 2.05) is 17.0 Å². The van der Waals surface area contributed by atoms with Crippen molar-refractivity contribution in [1.82, 2.24) is 9.88 Å². The number of anilines is 1. The van der Waals surface area contributed by atoms with Crippen molar-refractivity contribution in [3.05, 3.63) is 36.0 Å². The first-order chi connectivity index (χ1) is 16.3. The minimum atomic E-state index is -0.875. The van der Waals surface area contributed by atoms with Gasteiger partial charge >= 0.3 is 12.0 Å². The highest BCUT2D eigenvalue weighted by Gasteiger charge is 2.28. The second-order valence-corrected chi connectivity index (χ2v) is 11.4. The van der Waals surface area contributed by atoms with Crippen LogP contribution in [-0.2, 0) is 4.79 Å². The maximum atomic E-state index is 13.2. The van der Waals surface area contributed by atoms with Crippen molar-refractivity contribution in [3.63, 3.8) is 0 Å². The number of rotatable bonds is 11. The zero-order chi connectivity index (χ0) is 24.5. The molecule has 3 rings (SSSR count). The van der Waals surface area contributed by atoms with Crippen molar-refractivity contribution in [2.75, 3.05) is 24.2 Å². The highest BCUT2D eigenvalue weighted by atomic mass is 32.2. The standard InChI is InChI=1S/C25H35N3O4S2/c1-17(2)19-6-4-7-21(14-19)32-13-5-12-28(20-10-8-18(3)9-11-20)25(31)27-24-26-15-23(34-24)33-16-22(29)30/h4,6-7,14-15,17-18,20H,5,8-13,16H2,1-3H3,(H,29,30)(H,26,27,31). The Hall–Kier alpha value is -2.26. The predicted molar refractivity (Wildman–Crippen MR) is 138 cm³/mol. The fourth-order valence-corrected chi connectivity index (χ4v) is 5.65. The van der Waals surface area contributed by atoms with Crippen LogP contribution in [0, 0.1) is 5.92 Å². The van der Waals surface area contributed by atoms with Gasteiger partial charge in [-0.25, -0.2) is 9.78 Å². The van der Waals surface area contributed by atoms with Crippen LogP contribution in [-0.4, -0.2) is 51.9 Å². The second kappa shape index (κ2) is 13.0. The molecule has 1 aliphatic rings. The van der Waals surface area contributed by atoms with Crippen molar-refractivity contribution < 1.29 is 19.4 Å². The van der Waals surface area contributed by atoms with Gasteiger partial charge in [0.25, 0.3) is 0 Å². The number of benzene rings is 1. The van der Waals surface area contributed by atoms with Crippen molar-refractivity contribution >= 4 is 40.2 Å². The molecule has 2 aromatic rings. The quantitative estimate of drug-likeness (QED) is 0.274. The Morgan fingerprint density at radius 2 is 2.06 bits per heavy atom. The molecule has 2 N–H and O–H groups in total. The number of urea groups is 1. The number of hydrogen-bond acceptors (Lipinski definition) is 6. The Kier molecular flexibility index (Phi) is 10.1. The fourth-order valence-electron chi connectivity index (χ4n) is 4.07. The Morgan fingerprint density at radius 1 is 1.29 bits per heavy atom. The summed E-state index contributed by atoms with van der Waals surface area (Å²) in [7, 11) is 0. The van der Waals surface area contributed by atoms with Crippen molar-refractivity contribution in [1.29, 1.82) is 0 Å². The normalized spacial score (nSPS) is 18.0. The smallest absolute Gasteiger partial charge is 0.323 e. The molecule has 34 heavy (non-hydrogen) atoms. The lowest BCUT2D eigenvalue weighted by atomic mass is 9.86. The zero-order valence-corrected chi connectivity index (χ0v) is 21.8. The first-order valence-electron chi connectivity index (χ1n) is 11.9. The number of aromatic nitrogens is 1. The summed E-state index contributed by atoms with van der Waals surface area (Å²) in [5.74, 6) is 1.11. The lowest BCUT2D eigenvalue weighted by Gasteiger charge is -2.36. The molecule has 1 saturated carbocycles. The monoisotopic (exact) mass is 505 g/mol. The van der Waals surface area contributed by atoms with Crippen molar-refractivity contribution in [3.8, 4) is 5.75 Å². The number of ether oxygens (including phenoxy) is 1. The van der Waals surface area contributed by atoms with Gasteiger partial charge in [-0.05, 0) is 61.6 Å². The molecule has 1 aliphatic carbocycles. The summed E-state index contributed by atoms with van der Waals surface area (Å²) in [4.78, 5) is 30.2. The Labute approximate surface area is 210 Å². The average molecular weight is 506 g/mol. The van der Waals surface area contributed by atoms with Crippen LogP contribution in [0.15, 0.2) is 34.7 Å². The Balaban J connectivity index is 1.57. The van der Waals surface area contributed by atoms with E-state index in [4.69, 9.17) is 9.84 Å². The van der Waals surface area contributed by atoms with Gasteiger partial charge in [0.1, 0.15) is 5.75 Å². The van der Waals surface area contributed by atoms with Crippen LogP contribution in [0.5, 0.6) is 5.75 Å². The molecule has 1 aromatic carbocycles. The SMILES string of the molecule is CC1CCC(N(CCCOc2cccc(C(C)C)c2)C(=O)Nc2ncc(SCC(=O)O)s2)CC1. The minimum Gasteiger partial charge on any atom is -0.494 e. The molecule has 0 saturated heterocycles. The number of carbonyl (C=O) groups excluding carboxylic acids is 1. The molecule has 0 atom stereocenters. The van der Waals surface area contributed by atoms with Crippen LogP contribution in [0.3, 0.4) is 0 Å². The van der Waals surface area contributed by atoms with E-state index in [0.29, 0.717) is 30.1 Å². The summed E-state index contributed by atoms with van der Waals surface area (Å²) in [6, 6.07) is 8.25. The second-order valence-electron chi connectivity index (χ2n) is 9.13. The molecule has 0 spiro atoms. The van der Waals surface area contributed by atoms with E-state index in [2.05, 4.69) is 43.2 Å². The lowest BCUT2D eigenvalue weighted by Crippen LogP contribution is -2.45. The van der Waals surface area contributed by atoms with Crippen LogP contribution in [0.1, 0.15) is 64.4 Å². The summed E-state index contributed by atoms with van der Waals surface area (Å²) < 4.78 is 6.75. The number of nitrogens with zero attached hydrogens (tertiary/aromatic N) is 2. The van der Waals surface area contributed by atoms with Crippen LogP contribution >= 0.6 is 23.1 Å². The molecule has 9 heteroatoms. The van der Waals surface area contributed by atoms with E-state index in [-0.39, 0.29) is 17.8 Å². The number of aliphatic carboxylic acids is 1. The van der Waals surface area contributed by atoms with E-state index >= 15 is 0 Å². The summed E-state index contributed by atoms with van der Waals surface area (Å²) in [6.45, 7) is 7.75. The van der Waals surface area contributed by atoms with Crippen molar-refractivity contribution in [2.24, 2.45) is 5.92 Å². The van der Waals surface area contributed by atoms with E-state index in [1.165, 1.54) is 28.7 Å². The molecule has 0 aliphatic heterocycles. The topological polar surface area (TPSA) is 91.8 Å². The van der Waals surface area contributed by atoms with Crippen LogP contribution < -0.4 is 10.1 Å². The predicted octanol–water partition coefficient (Wildman–Crippen LogP) is 6.32. The average Bonchev–Trinajstić information content (AvgIpc) is 3.26. The zero-order valence-electron chi connectivity index (χ0n) is 20.2. The first kappa shape index (κ1) is 26.3. The third kappa shape index (κ3) is 8.20. The van der Waals surface area contributed by atoms with Gasteiger partial charge < -0.3 is 14.7 Å². The highest BCUT2D eigenvalue weighted by molar-refractivity contribution is 8.01. The first-order valence-corrected chi connectivity index (χ1v) is 13.7. The van der Waals surface area contributed by atoms with Crippen molar-refractivity contribution in [2.45, 2.75) is 69.0 Å². The number of thioether (sulfide) groups is 1. The summed E-state index contributed by atoms with van der Waals surface area (Å²) in [5, 5.41) is 12.3. The van der Waals surface area contributed by atoms with E-state index in [1.54, 1.807) is 6.20 Å². The van der Waals surface area contributed by atoms with Gasteiger partial charge in [0.2, 0.25) is 0 Å². The molecule has 1 heterocycles. The van der Waals surface area contributed by atoms with Crippen LogP contribution in [0.2, 0.25) is 0 Å².